The van der Waals surface area contributed by atoms with Crippen LogP contribution in [0.3, 0.4) is 0 Å². The van der Waals surface area contributed by atoms with E-state index in [1.165, 1.54) is 19.3 Å². The maximum Gasteiger partial charge on any atom is 0.127 e. The van der Waals surface area contributed by atoms with Crippen LogP contribution in [0.2, 0.25) is 15.1 Å². The number of fused-ring (bicyclic) bond motifs is 1. The van der Waals surface area contributed by atoms with E-state index < -0.39 is 0 Å². The van der Waals surface area contributed by atoms with Gasteiger partial charge in [0, 0.05) is 5.02 Å². The molecule has 136 valence electrons. The van der Waals surface area contributed by atoms with Crippen molar-refractivity contribution in [3.05, 3.63) is 57.0 Å². The Morgan fingerprint density at radius 1 is 0.923 bits per heavy atom. The number of nitrogens with one attached hydrogen (secondary N) is 2. The first-order chi connectivity index (χ1) is 12.6. The largest absolute Gasteiger partial charge is 0.370 e. The van der Waals surface area contributed by atoms with Crippen molar-refractivity contribution < 1.29 is 0 Å². The Balaban J connectivity index is 1.72. The van der Waals surface area contributed by atoms with Crippen LogP contribution in [0.5, 0.6) is 0 Å². The number of anilines is 2. The van der Waals surface area contributed by atoms with E-state index >= 15 is 0 Å². The van der Waals surface area contributed by atoms with Crippen molar-refractivity contribution in [1.29, 1.82) is 0 Å². The highest BCUT2D eigenvalue weighted by atomic mass is 35.5. The molecule has 2 N–H and O–H groups in total. The Kier molecular flexibility index (Phi) is 5.05. The highest BCUT2D eigenvalue weighted by Crippen LogP contribution is 2.45. The lowest BCUT2D eigenvalue weighted by atomic mass is 9.79. The summed E-state index contributed by atoms with van der Waals surface area (Å²) >= 11 is 19.0. The lowest BCUT2D eigenvalue weighted by molar-refractivity contribution is 0.403. The molecule has 0 aromatic heterocycles. The predicted octanol–water partition coefficient (Wildman–Crippen LogP) is 6.79. The number of rotatable bonds is 2. The van der Waals surface area contributed by atoms with Crippen LogP contribution in [0.1, 0.15) is 37.7 Å². The summed E-state index contributed by atoms with van der Waals surface area (Å²) in [6.07, 6.45) is 5.63. The first kappa shape index (κ1) is 18.0. The number of hydrogen-bond acceptors (Lipinski definition) is 2. The maximum atomic E-state index is 6.44. The van der Waals surface area contributed by atoms with Crippen molar-refractivity contribution in [2.24, 2.45) is 4.99 Å². The Morgan fingerprint density at radius 2 is 1.65 bits per heavy atom. The van der Waals surface area contributed by atoms with Gasteiger partial charge in [-0.15, -0.1) is 0 Å². The van der Waals surface area contributed by atoms with Crippen molar-refractivity contribution in [3.8, 4) is 0 Å². The summed E-state index contributed by atoms with van der Waals surface area (Å²) in [6, 6.07) is 11.5. The van der Waals surface area contributed by atoms with Crippen LogP contribution >= 0.6 is 34.8 Å². The van der Waals surface area contributed by atoms with Crippen molar-refractivity contribution in [2.45, 2.75) is 44.2 Å². The summed E-state index contributed by atoms with van der Waals surface area (Å²) in [4.78, 5) is 4.92. The molecule has 1 heterocycles. The monoisotopic (exact) mass is 407 g/mol. The second-order valence-corrected chi connectivity index (χ2v) is 8.22. The van der Waals surface area contributed by atoms with E-state index in [-0.39, 0.29) is 5.54 Å². The quantitative estimate of drug-likeness (QED) is 0.574. The molecule has 26 heavy (non-hydrogen) atoms. The van der Waals surface area contributed by atoms with Gasteiger partial charge in [0.05, 0.1) is 33.5 Å². The molecule has 0 amide bonds. The molecule has 2 aromatic rings. The van der Waals surface area contributed by atoms with E-state index in [1.54, 1.807) is 0 Å². The van der Waals surface area contributed by atoms with Gasteiger partial charge in [0.15, 0.2) is 0 Å². The highest BCUT2D eigenvalue weighted by Gasteiger charge is 2.42. The molecule has 0 bridgehead atoms. The molecule has 4 rings (SSSR count). The molecule has 1 spiro atoms. The lowest BCUT2D eigenvalue weighted by Gasteiger charge is -2.44. The zero-order valence-electron chi connectivity index (χ0n) is 14.3. The molecule has 0 saturated heterocycles. The molecule has 1 aliphatic carbocycles. The average molecular weight is 409 g/mol. The van der Waals surface area contributed by atoms with E-state index in [0.29, 0.717) is 16.6 Å². The zero-order chi connectivity index (χ0) is 18.1. The molecule has 0 unspecified atom stereocenters. The fourth-order valence-corrected chi connectivity index (χ4v) is 4.47. The third-order valence-electron chi connectivity index (χ3n) is 5.18. The number of aliphatic imine (C=N–C) groups is 1. The molecule has 3 nitrogen and oxygen atoms in total. The fraction of sp³-hybridized carbons (Fsp3) is 0.350. The molecular formula is C20H20Cl3N3. The summed E-state index contributed by atoms with van der Waals surface area (Å²) in [5.74, 6) is 0.939. The minimum Gasteiger partial charge on any atom is -0.370 e. The molecule has 6 heteroatoms. The summed E-state index contributed by atoms with van der Waals surface area (Å²) in [7, 11) is 0. The van der Waals surface area contributed by atoms with Gasteiger partial charge in [0.1, 0.15) is 5.84 Å². The topological polar surface area (TPSA) is 36.4 Å². The van der Waals surface area contributed by atoms with Crippen molar-refractivity contribution >= 4 is 52.0 Å². The Morgan fingerprint density at radius 3 is 2.38 bits per heavy atom. The van der Waals surface area contributed by atoms with Crippen molar-refractivity contribution in [1.82, 2.24) is 0 Å². The maximum absolute atomic E-state index is 6.44. The average Bonchev–Trinajstić information content (AvgIpc) is 2.64. The molecule has 0 radical (unpaired) electrons. The summed E-state index contributed by atoms with van der Waals surface area (Å²) < 4.78 is 0. The van der Waals surface area contributed by atoms with Crippen molar-refractivity contribution in [3.63, 3.8) is 0 Å². The standard InChI is InChI=1S/C20H20Cl3N3/c21-14-6-4-5-13(11-14)12-24-19-20(9-2-1-3-10-20)26-18-16(23)8-7-15(22)17(18)25-19/h4-8,11,26H,1-3,9-10,12H2,(H,24,25). The highest BCUT2D eigenvalue weighted by molar-refractivity contribution is 6.39. The summed E-state index contributed by atoms with van der Waals surface area (Å²) in [5.41, 5.74) is 2.56. The molecule has 2 aromatic carbocycles. The third kappa shape index (κ3) is 3.40. The van der Waals surface area contributed by atoms with Gasteiger partial charge in [-0.05, 0) is 42.7 Å². The van der Waals surface area contributed by atoms with Gasteiger partial charge in [0.2, 0.25) is 0 Å². The Hall–Kier alpha value is -1.42. The second-order valence-electron chi connectivity index (χ2n) is 6.97. The van der Waals surface area contributed by atoms with Crippen molar-refractivity contribution in [2.75, 3.05) is 10.6 Å². The third-order valence-corrected chi connectivity index (χ3v) is 6.05. The first-order valence-corrected chi connectivity index (χ1v) is 10.0. The van der Waals surface area contributed by atoms with Gasteiger partial charge >= 0.3 is 0 Å². The predicted molar refractivity (Wildman–Crippen MR) is 112 cm³/mol. The van der Waals surface area contributed by atoms with Gasteiger partial charge < -0.3 is 10.6 Å². The minimum absolute atomic E-state index is 0.210. The number of benzene rings is 2. The molecular weight excluding hydrogens is 389 g/mol. The lowest BCUT2D eigenvalue weighted by Crippen LogP contribution is -2.54. The van der Waals surface area contributed by atoms with Crippen LogP contribution in [0.4, 0.5) is 11.4 Å². The molecule has 1 saturated carbocycles. The normalized spacial score (nSPS) is 19.7. The molecule has 2 aliphatic rings. The molecule has 1 aliphatic heterocycles. The van der Waals surface area contributed by atoms with E-state index in [9.17, 15) is 0 Å². The minimum atomic E-state index is -0.210. The zero-order valence-corrected chi connectivity index (χ0v) is 16.6. The van der Waals surface area contributed by atoms with Gasteiger partial charge in [-0.25, -0.2) is 0 Å². The fourth-order valence-electron chi connectivity index (χ4n) is 3.85. The number of amidine groups is 1. The van der Waals surface area contributed by atoms with Crippen LogP contribution in [0.25, 0.3) is 0 Å². The number of halogens is 3. The van der Waals surface area contributed by atoms with Crippen LogP contribution in [0.15, 0.2) is 41.4 Å². The van der Waals surface area contributed by atoms with Crippen LogP contribution < -0.4 is 10.6 Å². The number of hydrogen-bond donors (Lipinski definition) is 2. The smallest absolute Gasteiger partial charge is 0.127 e. The van der Waals surface area contributed by atoms with Gasteiger partial charge in [-0.3, -0.25) is 4.99 Å². The summed E-state index contributed by atoms with van der Waals surface area (Å²) in [6.45, 7) is 0.569. The van der Waals surface area contributed by atoms with Gasteiger partial charge in [-0.1, -0.05) is 66.2 Å². The second kappa shape index (κ2) is 7.30. The molecule has 1 fully saturated rings. The van der Waals surface area contributed by atoms with Gasteiger partial charge in [-0.2, -0.15) is 0 Å². The Labute approximate surface area is 168 Å². The van der Waals surface area contributed by atoms with E-state index in [4.69, 9.17) is 39.8 Å². The van der Waals surface area contributed by atoms with E-state index in [2.05, 4.69) is 10.6 Å². The summed E-state index contributed by atoms with van der Waals surface area (Å²) in [5, 5.41) is 9.21. The van der Waals surface area contributed by atoms with Crippen LogP contribution in [0, 0.1) is 0 Å². The number of nitrogens with zero attached hydrogens (tertiary/aromatic N) is 1. The Bertz CT molecular complexity index is 857. The first-order valence-electron chi connectivity index (χ1n) is 8.90. The van der Waals surface area contributed by atoms with Crippen LogP contribution in [-0.4, -0.2) is 11.4 Å². The SMILES string of the molecule is Clc1cccc(CN=C2Nc3c(Cl)ccc(Cl)c3NC23CCCCC3)c1. The van der Waals surface area contributed by atoms with E-state index in [1.807, 2.05) is 36.4 Å². The van der Waals surface area contributed by atoms with Gasteiger partial charge in [0.25, 0.3) is 0 Å². The molecule has 0 atom stereocenters. The van der Waals surface area contributed by atoms with E-state index in [0.717, 1.165) is 40.6 Å². The van der Waals surface area contributed by atoms with Crippen LogP contribution in [-0.2, 0) is 6.54 Å².